The Morgan fingerprint density at radius 1 is 1.09 bits per heavy atom. The molecule has 4 rings (SSSR count). The third-order valence-corrected chi connectivity index (χ3v) is 6.93. The van der Waals surface area contributed by atoms with E-state index in [4.69, 9.17) is 9.47 Å². The van der Waals surface area contributed by atoms with Crippen LogP contribution in [0.3, 0.4) is 0 Å². The SMILES string of the molecule is CCC(O)(CCc1ccc(Oc2nc3ccccc3s2)c(OC2CCCC2)c1)C(F)(F)F. The van der Waals surface area contributed by atoms with E-state index in [2.05, 4.69) is 4.98 Å². The standard InChI is InChI=1S/C24H26F3NO3S/c1-2-23(29,24(25,26)27)14-13-16-11-12-19(20(15-16)30-17-7-3-4-8-17)31-22-28-18-9-5-6-10-21(18)32-22/h5-6,9-12,15,17,29H,2-4,7-8,13-14H2,1H3. The fourth-order valence-corrected chi connectivity index (χ4v) is 4.76. The number of halogens is 3. The lowest BCUT2D eigenvalue weighted by Gasteiger charge is -2.29. The molecule has 0 amide bonds. The highest BCUT2D eigenvalue weighted by Gasteiger charge is 2.51. The minimum absolute atomic E-state index is 0.0608. The van der Waals surface area contributed by atoms with Gasteiger partial charge in [0.2, 0.25) is 0 Å². The maximum atomic E-state index is 13.3. The Kier molecular flexibility index (Phi) is 6.62. The molecule has 1 aliphatic carbocycles. The van der Waals surface area contributed by atoms with E-state index in [0.717, 1.165) is 35.9 Å². The van der Waals surface area contributed by atoms with Crippen LogP contribution in [0.2, 0.25) is 0 Å². The Balaban J connectivity index is 1.57. The van der Waals surface area contributed by atoms with Crippen LogP contribution in [0.25, 0.3) is 10.2 Å². The van der Waals surface area contributed by atoms with Crippen molar-refractivity contribution in [3.8, 4) is 16.7 Å². The smallest absolute Gasteiger partial charge is 0.417 e. The maximum Gasteiger partial charge on any atom is 0.417 e. The first-order valence-electron chi connectivity index (χ1n) is 10.9. The summed E-state index contributed by atoms with van der Waals surface area (Å²) in [6, 6.07) is 12.9. The van der Waals surface area contributed by atoms with Gasteiger partial charge in [-0.1, -0.05) is 36.5 Å². The number of alkyl halides is 3. The molecule has 172 valence electrons. The van der Waals surface area contributed by atoms with Crippen LogP contribution in [-0.2, 0) is 6.42 Å². The second kappa shape index (κ2) is 9.27. The quantitative estimate of drug-likeness (QED) is 0.387. The predicted octanol–water partition coefficient (Wildman–Crippen LogP) is 7.05. The van der Waals surface area contributed by atoms with Gasteiger partial charge in [0, 0.05) is 0 Å². The topological polar surface area (TPSA) is 51.6 Å². The van der Waals surface area contributed by atoms with E-state index in [1.807, 2.05) is 24.3 Å². The van der Waals surface area contributed by atoms with Crippen LogP contribution < -0.4 is 9.47 Å². The summed E-state index contributed by atoms with van der Waals surface area (Å²) in [6.07, 6.45) is -1.27. The Bertz CT molecular complexity index is 1030. The summed E-state index contributed by atoms with van der Waals surface area (Å²) < 4.78 is 53.0. The Morgan fingerprint density at radius 3 is 2.53 bits per heavy atom. The molecule has 3 aromatic rings. The number of rotatable bonds is 8. The van der Waals surface area contributed by atoms with Crippen molar-refractivity contribution in [3.63, 3.8) is 0 Å². The van der Waals surface area contributed by atoms with Crippen LogP contribution in [0.5, 0.6) is 16.7 Å². The van der Waals surface area contributed by atoms with Crippen LogP contribution in [0.4, 0.5) is 13.2 Å². The van der Waals surface area contributed by atoms with Crippen LogP contribution in [-0.4, -0.2) is 28.0 Å². The molecule has 1 saturated carbocycles. The van der Waals surface area contributed by atoms with Crippen molar-refractivity contribution >= 4 is 21.6 Å². The van der Waals surface area contributed by atoms with E-state index in [0.29, 0.717) is 22.3 Å². The number of nitrogens with zero attached hydrogens (tertiary/aromatic N) is 1. The first-order valence-corrected chi connectivity index (χ1v) is 11.7. The molecule has 0 saturated heterocycles. The first kappa shape index (κ1) is 22.9. The van der Waals surface area contributed by atoms with Crippen molar-refractivity contribution in [2.45, 2.75) is 69.8 Å². The maximum absolute atomic E-state index is 13.3. The van der Waals surface area contributed by atoms with Gasteiger partial charge in [-0.3, -0.25) is 0 Å². The van der Waals surface area contributed by atoms with E-state index >= 15 is 0 Å². The number of hydrogen-bond acceptors (Lipinski definition) is 5. The molecule has 1 aliphatic rings. The van der Waals surface area contributed by atoms with Gasteiger partial charge in [-0.15, -0.1) is 0 Å². The molecule has 1 aromatic heterocycles. The predicted molar refractivity (Wildman–Crippen MR) is 119 cm³/mol. The number of para-hydroxylation sites is 1. The number of aromatic nitrogens is 1. The second-order valence-electron chi connectivity index (χ2n) is 8.24. The summed E-state index contributed by atoms with van der Waals surface area (Å²) in [5, 5.41) is 10.5. The van der Waals surface area contributed by atoms with E-state index in [1.165, 1.54) is 18.3 Å². The average Bonchev–Trinajstić information content (AvgIpc) is 3.42. The minimum Gasteiger partial charge on any atom is -0.487 e. The molecule has 0 aliphatic heterocycles. The van der Waals surface area contributed by atoms with Gasteiger partial charge in [-0.2, -0.15) is 13.2 Å². The average molecular weight is 466 g/mol. The fourth-order valence-electron chi connectivity index (χ4n) is 3.93. The fraction of sp³-hybridized carbons (Fsp3) is 0.458. The summed E-state index contributed by atoms with van der Waals surface area (Å²) in [5.74, 6) is 0.988. The van der Waals surface area contributed by atoms with Crippen molar-refractivity contribution in [1.29, 1.82) is 0 Å². The van der Waals surface area contributed by atoms with Gasteiger partial charge in [0.1, 0.15) is 0 Å². The van der Waals surface area contributed by atoms with Gasteiger partial charge in [0.05, 0.1) is 16.3 Å². The second-order valence-corrected chi connectivity index (χ2v) is 9.23. The third-order valence-electron chi connectivity index (χ3n) is 6.02. The Labute approximate surface area is 189 Å². The third kappa shape index (κ3) is 5.02. The molecule has 0 bridgehead atoms. The number of benzene rings is 2. The normalized spacial score (nSPS) is 16.9. The largest absolute Gasteiger partial charge is 0.487 e. The van der Waals surface area contributed by atoms with E-state index in [-0.39, 0.29) is 18.9 Å². The highest BCUT2D eigenvalue weighted by molar-refractivity contribution is 7.20. The molecular formula is C24H26F3NO3S. The van der Waals surface area contributed by atoms with Crippen LogP contribution in [0, 0.1) is 0 Å². The van der Waals surface area contributed by atoms with Crippen LogP contribution in [0.1, 0.15) is 51.0 Å². The Hall–Kier alpha value is -2.32. The van der Waals surface area contributed by atoms with Gasteiger partial charge in [-0.05, 0) is 74.8 Å². The molecule has 8 heteroatoms. The van der Waals surface area contributed by atoms with E-state index in [1.54, 1.807) is 18.2 Å². The summed E-state index contributed by atoms with van der Waals surface area (Å²) in [7, 11) is 0. The minimum atomic E-state index is -4.67. The monoisotopic (exact) mass is 465 g/mol. The summed E-state index contributed by atoms with van der Waals surface area (Å²) in [4.78, 5) is 4.49. The molecule has 1 heterocycles. The summed E-state index contributed by atoms with van der Waals surface area (Å²) >= 11 is 1.42. The van der Waals surface area contributed by atoms with E-state index < -0.39 is 18.2 Å². The lowest BCUT2D eigenvalue weighted by atomic mass is 9.91. The number of hydrogen-bond donors (Lipinski definition) is 1. The Morgan fingerprint density at radius 2 is 1.84 bits per heavy atom. The molecule has 1 atom stereocenters. The molecule has 0 spiro atoms. The number of thiazole rings is 1. The molecule has 32 heavy (non-hydrogen) atoms. The number of ether oxygens (including phenoxy) is 2. The zero-order valence-electron chi connectivity index (χ0n) is 17.8. The van der Waals surface area contributed by atoms with Gasteiger partial charge in [-0.25, -0.2) is 4.98 Å². The van der Waals surface area contributed by atoms with Gasteiger partial charge in [0.25, 0.3) is 5.19 Å². The molecular weight excluding hydrogens is 439 g/mol. The molecule has 4 nitrogen and oxygen atoms in total. The highest BCUT2D eigenvalue weighted by atomic mass is 32.1. The lowest BCUT2D eigenvalue weighted by molar-refractivity contribution is -0.263. The molecule has 1 unspecified atom stereocenters. The zero-order valence-corrected chi connectivity index (χ0v) is 18.6. The number of aryl methyl sites for hydroxylation is 1. The van der Waals surface area contributed by atoms with Gasteiger partial charge < -0.3 is 14.6 Å². The molecule has 0 radical (unpaired) electrons. The van der Waals surface area contributed by atoms with Crippen molar-refractivity contribution < 1.29 is 27.8 Å². The molecule has 1 fully saturated rings. The number of aliphatic hydroxyl groups is 1. The molecule has 2 aromatic carbocycles. The van der Waals surface area contributed by atoms with Crippen molar-refractivity contribution in [2.75, 3.05) is 0 Å². The van der Waals surface area contributed by atoms with Crippen molar-refractivity contribution in [3.05, 3.63) is 48.0 Å². The zero-order chi connectivity index (χ0) is 22.8. The lowest BCUT2D eigenvalue weighted by Crippen LogP contribution is -2.44. The van der Waals surface area contributed by atoms with Gasteiger partial charge in [0.15, 0.2) is 17.1 Å². The first-order chi connectivity index (χ1) is 15.3. The van der Waals surface area contributed by atoms with Crippen LogP contribution in [0.15, 0.2) is 42.5 Å². The summed E-state index contributed by atoms with van der Waals surface area (Å²) in [6.45, 7) is 1.34. The van der Waals surface area contributed by atoms with Crippen LogP contribution >= 0.6 is 11.3 Å². The van der Waals surface area contributed by atoms with Crippen molar-refractivity contribution in [1.82, 2.24) is 4.98 Å². The van der Waals surface area contributed by atoms with Crippen molar-refractivity contribution in [2.24, 2.45) is 0 Å². The number of fused-ring (bicyclic) bond motifs is 1. The van der Waals surface area contributed by atoms with Gasteiger partial charge >= 0.3 is 6.18 Å². The molecule has 1 N–H and O–H groups in total. The summed E-state index contributed by atoms with van der Waals surface area (Å²) in [5.41, 5.74) is -1.20. The van der Waals surface area contributed by atoms with E-state index in [9.17, 15) is 18.3 Å². The highest BCUT2D eigenvalue weighted by Crippen LogP contribution is 2.40.